The van der Waals surface area contributed by atoms with Crippen molar-refractivity contribution in [2.75, 3.05) is 14.2 Å². The summed E-state index contributed by atoms with van der Waals surface area (Å²) in [5.74, 6) is 2.55. The topological polar surface area (TPSA) is 76.4 Å². The number of aryl methyl sites for hydroxylation is 1. The van der Waals surface area contributed by atoms with Gasteiger partial charge in [-0.25, -0.2) is 9.67 Å². The van der Waals surface area contributed by atoms with Gasteiger partial charge < -0.3 is 15.4 Å². The molecule has 0 amide bonds. The number of ether oxygens (including phenoxy) is 1. The lowest BCUT2D eigenvalue weighted by molar-refractivity contribution is 0.177. The molecule has 0 saturated carbocycles. The van der Waals surface area contributed by atoms with Gasteiger partial charge in [0, 0.05) is 31.5 Å². The van der Waals surface area contributed by atoms with E-state index in [4.69, 9.17) is 16.3 Å². The van der Waals surface area contributed by atoms with Gasteiger partial charge in [0.2, 0.25) is 0 Å². The highest BCUT2D eigenvalue weighted by molar-refractivity contribution is 7.16. The van der Waals surface area contributed by atoms with Crippen molar-refractivity contribution in [2.24, 2.45) is 4.99 Å². The van der Waals surface area contributed by atoms with E-state index in [9.17, 15) is 0 Å². The first-order valence-corrected chi connectivity index (χ1v) is 9.00. The molecular formula is C15H21ClN6OS. The molecule has 0 saturated heterocycles. The van der Waals surface area contributed by atoms with Gasteiger partial charge in [0.1, 0.15) is 12.4 Å². The lowest BCUT2D eigenvalue weighted by Crippen LogP contribution is -2.46. The molecule has 0 spiro atoms. The molecule has 3 rings (SSSR count). The zero-order chi connectivity index (χ0) is 16.9. The number of nitrogens with zero attached hydrogens (tertiary/aromatic N) is 4. The maximum absolute atomic E-state index is 5.96. The number of aliphatic imine (C=N–C) groups is 1. The molecule has 9 heteroatoms. The third-order valence-corrected chi connectivity index (χ3v) is 5.03. The summed E-state index contributed by atoms with van der Waals surface area (Å²) in [5.41, 5.74) is 0. The fourth-order valence-corrected chi connectivity index (χ4v) is 3.70. The molecule has 2 aromatic rings. The lowest BCUT2D eigenvalue weighted by atomic mass is 10.1. The first-order valence-electron chi connectivity index (χ1n) is 7.81. The van der Waals surface area contributed by atoms with E-state index in [1.807, 2.05) is 16.8 Å². The predicted octanol–water partition coefficient (Wildman–Crippen LogP) is 1.82. The Hall–Kier alpha value is -1.64. The second-order valence-electron chi connectivity index (χ2n) is 5.57. The van der Waals surface area contributed by atoms with Crippen LogP contribution >= 0.6 is 22.9 Å². The third-order valence-electron chi connectivity index (χ3n) is 3.80. The van der Waals surface area contributed by atoms with Crippen LogP contribution in [0.15, 0.2) is 17.1 Å². The smallest absolute Gasteiger partial charge is 0.191 e. The van der Waals surface area contributed by atoms with Crippen LogP contribution in [0.5, 0.6) is 0 Å². The number of thiophene rings is 1. The normalized spacial score (nSPS) is 17.6. The summed E-state index contributed by atoms with van der Waals surface area (Å²) in [5, 5.41) is 11.3. The van der Waals surface area contributed by atoms with E-state index in [1.54, 1.807) is 25.5 Å². The van der Waals surface area contributed by atoms with Crippen LogP contribution in [0.1, 0.15) is 22.9 Å². The largest absolute Gasteiger partial charge is 0.377 e. The van der Waals surface area contributed by atoms with Crippen LogP contribution < -0.4 is 10.6 Å². The van der Waals surface area contributed by atoms with E-state index in [0.29, 0.717) is 13.2 Å². The quantitative estimate of drug-likeness (QED) is 0.622. The summed E-state index contributed by atoms with van der Waals surface area (Å²) in [6.07, 6.45) is 1.89. The van der Waals surface area contributed by atoms with Gasteiger partial charge in [-0.3, -0.25) is 4.99 Å². The fraction of sp³-hybridized carbons (Fsp3) is 0.533. The Morgan fingerprint density at radius 2 is 2.42 bits per heavy atom. The minimum absolute atomic E-state index is 0.271. The zero-order valence-electron chi connectivity index (χ0n) is 13.8. The van der Waals surface area contributed by atoms with E-state index < -0.39 is 0 Å². The molecule has 0 bridgehead atoms. The minimum Gasteiger partial charge on any atom is -0.377 e. The van der Waals surface area contributed by atoms with Crippen molar-refractivity contribution in [1.82, 2.24) is 25.4 Å². The van der Waals surface area contributed by atoms with E-state index >= 15 is 0 Å². The number of hydrogen-bond donors (Lipinski definition) is 2. The van der Waals surface area contributed by atoms with E-state index in [0.717, 1.165) is 41.3 Å². The SMILES string of the molecule is CN=C(NCc1ccc(Cl)s1)NC1CCc2nc(COC)nn2C1. The van der Waals surface area contributed by atoms with Crippen molar-refractivity contribution in [3.05, 3.63) is 33.0 Å². The molecular weight excluding hydrogens is 348 g/mol. The van der Waals surface area contributed by atoms with Crippen molar-refractivity contribution in [2.45, 2.75) is 38.6 Å². The van der Waals surface area contributed by atoms with Crippen LogP contribution in [-0.4, -0.2) is 40.9 Å². The van der Waals surface area contributed by atoms with Crippen LogP contribution in [-0.2, 0) is 30.9 Å². The van der Waals surface area contributed by atoms with Gasteiger partial charge in [-0.1, -0.05) is 11.6 Å². The van der Waals surface area contributed by atoms with E-state index in [1.165, 1.54) is 4.88 Å². The van der Waals surface area contributed by atoms with Crippen molar-refractivity contribution in [3.8, 4) is 0 Å². The van der Waals surface area contributed by atoms with Crippen molar-refractivity contribution in [3.63, 3.8) is 0 Å². The number of aromatic nitrogens is 3. The van der Waals surface area contributed by atoms with Gasteiger partial charge in [0.15, 0.2) is 11.8 Å². The Morgan fingerprint density at radius 3 is 3.12 bits per heavy atom. The van der Waals surface area contributed by atoms with Gasteiger partial charge in [-0.05, 0) is 18.6 Å². The number of methoxy groups -OCH3 is 1. The molecule has 1 unspecified atom stereocenters. The van der Waals surface area contributed by atoms with E-state index in [2.05, 4.69) is 25.7 Å². The number of halogens is 1. The third kappa shape index (κ3) is 4.25. The summed E-state index contributed by atoms with van der Waals surface area (Å²) >= 11 is 7.53. The summed E-state index contributed by atoms with van der Waals surface area (Å²) in [6, 6.07) is 4.20. The Bertz CT molecular complexity index is 713. The average molecular weight is 369 g/mol. The molecule has 0 fully saturated rings. The van der Waals surface area contributed by atoms with Gasteiger partial charge in [-0.15, -0.1) is 11.3 Å². The Morgan fingerprint density at radius 1 is 1.54 bits per heavy atom. The average Bonchev–Trinajstić information content (AvgIpc) is 3.16. The highest BCUT2D eigenvalue weighted by Crippen LogP contribution is 2.21. The highest BCUT2D eigenvalue weighted by atomic mass is 35.5. The van der Waals surface area contributed by atoms with Gasteiger partial charge in [0.25, 0.3) is 0 Å². The van der Waals surface area contributed by atoms with Crippen molar-refractivity contribution >= 4 is 28.9 Å². The Kier molecular flexibility index (Phi) is 5.70. The van der Waals surface area contributed by atoms with Crippen LogP contribution in [0.4, 0.5) is 0 Å². The molecule has 2 aromatic heterocycles. The molecule has 130 valence electrons. The first kappa shape index (κ1) is 17.2. The monoisotopic (exact) mass is 368 g/mol. The van der Waals surface area contributed by atoms with Crippen LogP contribution in [0.25, 0.3) is 0 Å². The maximum Gasteiger partial charge on any atom is 0.191 e. The summed E-state index contributed by atoms with van der Waals surface area (Å²) < 4.78 is 7.86. The first-order chi connectivity index (χ1) is 11.7. The summed E-state index contributed by atoms with van der Waals surface area (Å²) in [7, 11) is 3.43. The predicted molar refractivity (Wildman–Crippen MR) is 95.5 cm³/mol. The molecule has 7 nitrogen and oxygen atoms in total. The van der Waals surface area contributed by atoms with Crippen molar-refractivity contribution in [1.29, 1.82) is 0 Å². The van der Waals surface area contributed by atoms with Gasteiger partial charge in [0.05, 0.1) is 17.4 Å². The molecule has 1 aliphatic heterocycles. The number of rotatable bonds is 5. The van der Waals surface area contributed by atoms with Gasteiger partial charge >= 0.3 is 0 Å². The molecule has 3 heterocycles. The summed E-state index contributed by atoms with van der Waals surface area (Å²) in [6.45, 7) is 1.93. The lowest BCUT2D eigenvalue weighted by Gasteiger charge is -2.25. The standard InChI is InChI=1S/C15H21ClN6OS/c1-17-15(18-7-11-4-5-12(16)24-11)19-10-3-6-14-20-13(9-23-2)21-22(14)8-10/h4-5,10H,3,6-9H2,1-2H3,(H2,17,18,19). The van der Waals surface area contributed by atoms with Crippen LogP contribution in [0.3, 0.4) is 0 Å². The summed E-state index contributed by atoms with van der Waals surface area (Å²) in [4.78, 5) is 9.97. The number of fused-ring (bicyclic) bond motifs is 1. The number of guanidine groups is 1. The van der Waals surface area contributed by atoms with Crippen molar-refractivity contribution < 1.29 is 4.74 Å². The molecule has 24 heavy (non-hydrogen) atoms. The Balaban J connectivity index is 1.54. The number of nitrogens with one attached hydrogen (secondary N) is 2. The second kappa shape index (κ2) is 7.96. The molecule has 0 aliphatic carbocycles. The van der Waals surface area contributed by atoms with E-state index in [-0.39, 0.29) is 6.04 Å². The molecule has 1 aliphatic rings. The highest BCUT2D eigenvalue weighted by Gasteiger charge is 2.22. The van der Waals surface area contributed by atoms with Crippen LogP contribution in [0, 0.1) is 0 Å². The second-order valence-corrected chi connectivity index (χ2v) is 7.37. The number of hydrogen-bond acceptors (Lipinski definition) is 5. The molecule has 1 atom stereocenters. The molecule has 0 radical (unpaired) electrons. The van der Waals surface area contributed by atoms with Gasteiger partial charge in [-0.2, -0.15) is 5.10 Å². The van der Waals surface area contributed by atoms with Crippen LogP contribution in [0.2, 0.25) is 4.34 Å². The zero-order valence-corrected chi connectivity index (χ0v) is 15.3. The Labute approximate surface area is 150 Å². The minimum atomic E-state index is 0.271. The fourth-order valence-electron chi connectivity index (χ4n) is 2.67. The maximum atomic E-state index is 5.96. The molecule has 0 aromatic carbocycles. The molecule has 2 N–H and O–H groups in total.